The van der Waals surface area contributed by atoms with Crippen LogP contribution in [0.25, 0.3) is 10.4 Å². The molecule has 1 aliphatic rings. The average molecular weight is 373 g/mol. The van der Waals surface area contributed by atoms with Crippen LogP contribution in [0.15, 0.2) is 64.9 Å². The maximum Gasteiger partial charge on any atom is 0.262 e. The van der Waals surface area contributed by atoms with Gasteiger partial charge in [0.1, 0.15) is 13.2 Å². The Morgan fingerprint density at radius 1 is 0.920 bits per heavy atom. The molecule has 7 heteroatoms. The van der Waals surface area contributed by atoms with Crippen molar-refractivity contribution in [1.82, 2.24) is 0 Å². The standard InChI is InChI=1S/C18H15NO4S2/c20-25(21,13-7-8-16-17(12-13)23-10-9-22-16)19-15-5-2-1-4-14(15)18-6-3-11-24-18/h1-8,11-12,19H,9-10H2. The van der Waals surface area contributed by atoms with E-state index in [-0.39, 0.29) is 4.90 Å². The van der Waals surface area contributed by atoms with Crippen molar-refractivity contribution in [3.8, 4) is 21.9 Å². The van der Waals surface area contributed by atoms with E-state index in [1.807, 2.05) is 29.6 Å². The lowest BCUT2D eigenvalue weighted by molar-refractivity contribution is 0.171. The van der Waals surface area contributed by atoms with E-state index in [1.165, 1.54) is 12.1 Å². The van der Waals surface area contributed by atoms with Crippen molar-refractivity contribution in [3.05, 3.63) is 60.0 Å². The van der Waals surface area contributed by atoms with Gasteiger partial charge in [0, 0.05) is 16.5 Å². The summed E-state index contributed by atoms with van der Waals surface area (Å²) >= 11 is 1.56. The van der Waals surface area contributed by atoms with Crippen molar-refractivity contribution in [2.75, 3.05) is 17.9 Å². The Balaban J connectivity index is 1.69. The summed E-state index contributed by atoms with van der Waals surface area (Å²) in [6.45, 7) is 0.872. The first-order valence-corrected chi connectivity index (χ1v) is 10.1. The van der Waals surface area contributed by atoms with Crippen LogP contribution in [0.1, 0.15) is 0 Å². The number of sulfonamides is 1. The summed E-state index contributed by atoms with van der Waals surface area (Å²) in [7, 11) is -3.74. The van der Waals surface area contributed by atoms with E-state index in [9.17, 15) is 8.42 Å². The third-order valence-corrected chi connectivity index (χ3v) is 6.05. The molecule has 0 bridgehead atoms. The molecule has 2 heterocycles. The van der Waals surface area contributed by atoms with E-state index in [0.717, 1.165) is 10.4 Å². The minimum Gasteiger partial charge on any atom is -0.486 e. The van der Waals surface area contributed by atoms with E-state index in [1.54, 1.807) is 29.5 Å². The number of hydrogen-bond acceptors (Lipinski definition) is 5. The number of benzene rings is 2. The highest BCUT2D eigenvalue weighted by Gasteiger charge is 2.20. The Hall–Kier alpha value is -2.51. The molecule has 128 valence electrons. The number of fused-ring (bicyclic) bond motifs is 1. The molecule has 0 spiro atoms. The third-order valence-electron chi connectivity index (χ3n) is 3.78. The first-order chi connectivity index (χ1) is 12.1. The van der Waals surface area contributed by atoms with Crippen molar-refractivity contribution in [1.29, 1.82) is 0 Å². The van der Waals surface area contributed by atoms with Crippen molar-refractivity contribution in [3.63, 3.8) is 0 Å². The van der Waals surface area contributed by atoms with E-state index in [0.29, 0.717) is 30.4 Å². The van der Waals surface area contributed by atoms with Crippen LogP contribution in [-0.2, 0) is 10.0 Å². The number of ether oxygens (including phenoxy) is 2. The monoisotopic (exact) mass is 373 g/mol. The summed E-state index contributed by atoms with van der Waals surface area (Å²) in [6.07, 6.45) is 0. The molecule has 0 aliphatic carbocycles. The first kappa shape index (κ1) is 16.0. The van der Waals surface area contributed by atoms with Crippen molar-refractivity contribution < 1.29 is 17.9 Å². The minimum absolute atomic E-state index is 0.137. The molecule has 1 aromatic heterocycles. The van der Waals surface area contributed by atoms with Crippen LogP contribution >= 0.6 is 11.3 Å². The van der Waals surface area contributed by atoms with Gasteiger partial charge in [-0.1, -0.05) is 24.3 Å². The second-order valence-electron chi connectivity index (χ2n) is 5.43. The fourth-order valence-corrected chi connectivity index (χ4v) is 4.47. The SMILES string of the molecule is O=S(=O)(Nc1ccccc1-c1cccs1)c1ccc2c(c1)OCCO2. The van der Waals surface area contributed by atoms with Gasteiger partial charge < -0.3 is 9.47 Å². The molecule has 0 saturated heterocycles. The van der Waals surface area contributed by atoms with Crippen molar-refractivity contribution in [2.45, 2.75) is 4.90 Å². The molecule has 0 amide bonds. The predicted octanol–water partition coefficient (Wildman–Crippen LogP) is 3.99. The van der Waals surface area contributed by atoms with E-state index in [2.05, 4.69) is 4.72 Å². The van der Waals surface area contributed by atoms with Crippen molar-refractivity contribution in [2.24, 2.45) is 0 Å². The van der Waals surface area contributed by atoms with Gasteiger partial charge in [-0.3, -0.25) is 4.72 Å². The summed E-state index contributed by atoms with van der Waals surface area (Å²) in [5.74, 6) is 1.00. The summed E-state index contributed by atoms with van der Waals surface area (Å²) in [4.78, 5) is 1.14. The topological polar surface area (TPSA) is 64.6 Å². The summed E-state index contributed by atoms with van der Waals surface area (Å²) < 4.78 is 39.2. The summed E-state index contributed by atoms with van der Waals surface area (Å²) in [5.41, 5.74) is 1.39. The molecule has 1 aliphatic heterocycles. The van der Waals surface area contributed by atoms with Gasteiger partial charge in [-0.05, 0) is 29.6 Å². The molecule has 0 radical (unpaired) electrons. The highest BCUT2D eigenvalue weighted by molar-refractivity contribution is 7.92. The lowest BCUT2D eigenvalue weighted by atomic mass is 10.1. The molecule has 0 saturated carbocycles. The van der Waals surface area contributed by atoms with Gasteiger partial charge in [0.25, 0.3) is 10.0 Å². The van der Waals surface area contributed by atoms with Crippen molar-refractivity contribution >= 4 is 27.0 Å². The molecule has 25 heavy (non-hydrogen) atoms. The molecule has 2 aromatic carbocycles. The lowest BCUT2D eigenvalue weighted by Crippen LogP contribution is -2.17. The van der Waals surface area contributed by atoms with Crippen LogP contribution in [0.2, 0.25) is 0 Å². The average Bonchev–Trinajstić information content (AvgIpc) is 3.16. The number of thiophene rings is 1. The van der Waals surface area contributed by atoms with E-state index in [4.69, 9.17) is 9.47 Å². The van der Waals surface area contributed by atoms with Gasteiger partial charge in [0.15, 0.2) is 11.5 Å². The van der Waals surface area contributed by atoms with Gasteiger partial charge >= 0.3 is 0 Å². The van der Waals surface area contributed by atoms with Gasteiger partial charge in [0.05, 0.1) is 10.6 Å². The first-order valence-electron chi connectivity index (χ1n) is 7.69. The highest BCUT2D eigenvalue weighted by Crippen LogP contribution is 2.35. The normalized spacial score (nSPS) is 13.4. The molecular weight excluding hydrogens is 358 g/mol. The Morgan fingerprint density at radius 3 is 2.52 bits per heavy atom. The third kappa shape index (κ3) is 3.20. The lowest BCUT2D eigenvalue weighted by Gasteiger charge is -2.19. The highest BCUT2D eigenvalue weighted by atomic mass is 32.2. The zero-order valence-electron chi connectivity index (χ0n) is 13.1. The fourth-order valence-electron chi connectivity index (χ4n) is 2.61. The smallest absolute Gasteiger partial charge is 0.262 e. The predicted molar refractivity (Wildman–Crippen MR) is 98.0 cm³/mol. The second-order valence-corrected chi connectivity index (χ2v) is 8.06. The molecular formula is C18H15NO4S2. The number of anilines is 1. The Kier molecular flexibility index (Phi) is 4.10. The quantitative estimate of drug-likeness (QED) is 0.751. The zero-order valence-corrected chi connectivity index (χ0v) is 14.8. The Labute approximate surface area is 149 Å². The minimum atomic E-state index is -3.74. The van der Waals surface area contributed by atoms with Crippen LogP contribution < -0.4 is 14.2 Å². The maximum atomic E-state index is 12.8. The molecule has 1 N–H and O–H groups in total. The molecule has 0 unspecified atom stereocenters. The second kappa shape index (κ2) is 6.42. The Bertz CT molecular complexity index is 998. The molecule has 3 aromatic rings. The van der Waals surface area contributed by atoms with Gasteiger partial charge in [-0.2, -0.15) is 0 Å². The van der Waals surface area contributed by atoms with E-state index < -0.39 is 10.0 Å². The van der Waals surface area contributed by atoms with Crippen LogP contribution in [0.5, 0.6) is 11.5 Å². The van der Waals surface area contributed by atoms with Crippen LogP contribution in [-0.4, -0.2) is 21.6 Å². The number of para-hydroxylation sites is 1. The molecule has 0 atom stereocenters. The summed E-state index contributed by atoms with van der Waals surface area (Å²) in [6, 6.07) is 15.9. The van der Waals surface area contributed by atoms with Gasteiger partial charge in [-0.25, -0.2) is 8.42 Å². The van der Waals surface area contributed by atoms with Gasteiger partial charge in [0.2, 0.25) is 0 Å². The maximum absolute atomic E-state index is 12.8. The molecule has 0 fully saturated rings. The number of rotatable bonds is 4. The number of nitrogens with one attached hydrogen (secondary N) is 1. The largest absolute Gasteiger partial charge is 0.486 e. The fraction of sp³-hybridized carbons (Fsp3) is 0.111. The van der Waals surface area contributed by atoms with Crippen LogP contribution in [0.3, 0.4) is 0 Å². The number of hydrogen-bond donors (Lipinski definition) is 1. The van der Waals surface area contributed by atoms with E-state index >= 15 is 0 Å². The molecule has 5 nitrogen and oxygen atoms in total. The van der Waals surface area contributed by atoms with Gasteiger partial charge in [-0.15, -0.1) is 11.3 Å². The van der Waals surface area contributed by atoms with Crippen LogP contribution in [0.4, 0.5) is 5.69 Å². The zero-order chi connectivity index (χ0) is 17.3. The molecule has 4 rings (SSSR count). The van der Waals surface area contributed by atoms with Crippen LogP contribution in [0, 0.1) is 0 Å². The Morgan fingerprint density at radius 2 is 1.72 bits per heavy atom. The summed E-state index contributed by atoms with van der Waals surface area (Å²) in [5, 5.41) is 1.96.